The molecule has 3 unspecified atom stereocenters. The van der Waals surface area contributed by atoms with Crippen molar-refractivity contribution in [3.8, 4) is 0 Å². The zero-order valence-corrected chi connectivity index (χ0v) is 40.6. The number of carbonyl (C=O) groups is 3. The number of rotatable bonds is 23. The first-order valence-corrected chi connectivity index (χ1v) is 26.2. The molecular weight excluding hydrogens is 777 g/mol. The smallest absolute Gasteiger partial charge is 0.407 e. The summed E-state index contributed by atoms with van der Waals surface area (Å²) in [6, 6.07) is -0.210. The minimum Gasteiger partial charge on any atom is -0.465 e. The third-order valence-electron chi connectivity index (χ3n) is 15.0. The van der Waals surface area contributed by atoms with Gasteiger partial charge in [0, 0.05) is 42.6 Å². The predicted molar refractivity (Wildman–Crippen MR) is 249 cm³/mol. The lowest BCUT2D eigenvalue weighted by Gasteiger charge is -2.58. The Bertz CT molecular complexity index is 1370. The van der Waals surface area contributed by atoms with Crippen molar-refractivity contribution >= 4 is 39.7 Å². The van der Waals surface area contributed by atoms with E-state index in [1.54, 1.807) is 5.57 Å². The quantitative estimate of drug-likeness (QED) is 0.0455. The fourth-order valence-electron chi connectivity index (χ4n) is 11.7. The van der Waals surface area contributed by atoms with Gasteiger partial charge in [-0.2, -0.15) is 0 Å². The van der Waals surface area contributed by atoms with Crippen molar-refractivity contribution in [2.45, 2.75) is 195 Å². The number of carboxylic acid groups (broad SMARTS) is 1. The van der Waals surface area contributed by atoms with E-state index in [0.717, 1.165) is 73.6 Å². The lowest BCUT2D eigenvalue weighted by Crippen LogP contribution is -2.50. The van der Waals surface area contributed by atoms with Crippen LogP contribution >= 0.6 is 21.6 Å². The molecule has 3 saturated carbocycles. The Hall–Kier alpha value is -1.59. The highest BCUT2D eigenvalue weighted by atomic mass is 33.1. The van der Waals surface area contributed by atoms with E-state index in [-0.39, 0.29) is 18.0 Å². The van der Waals surface area contributed by atoms with Crippen molar-refractivity contribution in [2.75, 3.05) is 31.9 Å². The van der Waals surface area contributed by atoms with Gasteiger partial charge in [0.1, 0.15) is 5.60 Å². The number of amides is 3. The highest BCUT2D eigenvalue weighted by Crippen LogP contribution is 2.67. The van der Waals surface area contributed by atoms with E-state index in [2.05, 4.69) is 56.6 Å². The summed E-state index contributed by atoms with van der Waals surface area (Å²) in [5.74, 6) is 6.19. The minimum atomic E-state index is -0.993. The van der Waals surface area contributed by atoms with Gasteiger partial charge in [-0.1, -0.05) is 87.1 Å². The Morgan fingerprint density at radius 3 is 2.34 bits per heavy atom. The van der Waals surface area contributed by atoms with Crippen LogP contribution in [0.15, 0.2) is 11.6 Å². The summed E-state index contributed by atoms with van der Waals surface area (Å²) >= 11 is 0. The van der Waals surface area contributed by atoms with Gasteiger partial charge in [-0.05, 0) is 171 Å². The average molecular weight is 863 g/mol. The summed E-state index contributed by atoms with van der Waals surface area (Å²) in [5, 5.41) is 18.3. The number of nitrogens with zero attached hydrogens (tertiary/aromatic N) is 1. The summed E-state index contributed by atoms with van der Waals surface area (Å²) in [6.07, 6.45) is 20.1. The standard InChI is InChI=1S/C48H86N4O5S2/c1-33(2)14-13-15-34(3)40-18-19-41-39-17-16-37-32-38(20-25-47(37,9)42(39)21-26-48(40,41)10)59-58-31-24-43(53)52(30-23-36(5)51-45(56)57-46(6,7)8)29-12-11-27-49-28-22-35(4)50-44(54)55/h16,33-36,38-42,49-50H,11-15,17-32H2,1-10H3,(H,51,56)(H,54,55)/t34?,35?,36?,38-,39-,40+,41-,42-,47-,48+/m0/s1. The second kappa shape index (κ2) is 23.2. The molecule has 3 amide bonds. The van der Waals surface area contributed by atoms with Gasteiger partial charge < -0.3 is 30.7 Å². The maximum Gasteiger partial charge on any atom is 0.407 e. The van der Waals surface area contributed by atoms with Gasteiger partial charge in [-0.25, -0.2) is 9.59 Å². The van der Waals surface area contributed by atoms with Crippen molar-refractivity contribution in [1.82, 2.24) is 20.9 Å². The number of fused-ring (bicyclic) bond motifs is 5. The molecule has 0 aromatic carbocycles. The average Bonchev–Trinajstić information content (AvgIpc) is 3.50. The van der Waals surface area contributed by atoms with Crippen molar-refractivity contribution in [1.29, 1.82) is 0 Å². The number of ether oxygens (including phenoxy) is 1. The van der Waals surface area contributed by atoms with E-state index in [9.17, 15) is 14.4 Å². The van der Waals surface area contributed by atoms with Gasteiger partial charge in [0.15, 0.2) is 0 Å². The molecule has 0 aliphatic heterocycles. The van der Waals surface area contributed by atoms with Crippen molar-refractivity contribution in [3.63, 3.8) is 0 Å². The maximum absolute atomic E-state index is 13.7. The molecule has 11 heteroatoms. The lowest BCUT2D eigenvalue weighted by atomic mass is 9.47. The summed E-state index contributed by atoms with van der Waals surface area (Å²) in [5.41, 5.74) is 2.09. The number of hydrogen-bond acceptors (Lipinski definition) is 7. The fraction of sp³-hybridized carbons (Fsp3) is 0.896. The molecule has 9 nitrogen and oxygen atoms in total. The van der Waals surface area contributed by atoms with Crippen LogP contribution in [0.3, 0.4) is 0 Å². The molecular formula is C48H86N4O5S2. The van der Waals surface area contributed by atoms with E-state index in [4.69, 9.17) is 9.84 Å². The topological polar surface area (TPSA) is 120 Å². The Morgan fingerprint density at radius 1 is 0.881 bits per heavy atom. The van der Waals surface area contributed by atoms with Crippen LogP contribution in [0.5, 0.6) is 0 Å². The first kappa shape index (κ1) is 50.1. The summed E-state index contributed by atoms with van der Waals surface area (Å²) in [7, 11) is 3.91. The number of nitrogens with one attached hydrogen (secondary N) is 3. The molecule has 59 heavy (non-hydrogen) atoms. The van der Waals surface area contributed by atoms with Gasteiger partial charge in [0.05, 0.1) is 0 Å². The van der Waals surface area contributed by atoms with Crippen molar-refractivity contribution in [2.24, 2.45) is 46.3 Å². The molecule has 4 aliphatic carbocycles. The van der Waals surface area contributed by atoms with Crippen LogP contribution in [0.25, 0.3) is 0 Å². The molecule has 0 aromatic rings. The van der Waals surface area contributed by atoms with Crippen LogP contribution in [0, 0.1) is 46.3 Å². The summed E-state index contributed by atoms with van der Waals surface area (Å²) < 4.78 is 5.45. The SMILES string of the molecule is CC(C)CCCC(C)[C@H]1CC[C@H]2[C@@H]3CC=C4C[C@@H](SSCCC(=O)N(CCCCNCCC(C)NC(=O)O)CCC(C)NC(=O)OC(C)(C)C)CC[C@]4(C)[C@H]3CC[C@]12C. The first-order chi connectivity index (χ1) is 27.8. The molecule has 3 fully saturated rings. The molecule has 4 aliphatic rings. The van der Waals surface area contributed by atoms with E-state index in [1.807, 2.05) is 61.1 Å². The lowest BCUT2D eigenvalue weighted by molar-refractivity contribution is -0.130. The van der Waals surface area contributed by atoms with Crippen LogP contribution in [0.1, 0.15) is 172 Å². The Labute approximate surface area is 368 Å². The molecule has 0 radical (unpaired) electrons. The molecule has 4 N–H and O–H groups in total. The molecule has 0 bridgehead atoms. The van der Waals surface area contributed by atoms with Crippen LogP contribution in [0.4, 0.5) is 9.59 Å². The Morgan fingerprint density at radius 2 is 1.63 bits per heavy atom. The maximum atomic E-state index is 13.7. The van der Waals surface area contributed by atoms with Gasteiger partial charge in [0.2, 0.25) is 5.91 Å². The highest BCUT2D eigenvalue weighted by molar-refractivity contribution is 8.76. The molecule has 0 aromatic heterocycles. The van der Waals surface area contributed by atoms with E-state index >= 15 is 0 Å². The van der Waals surface area contributed by atoms with Crippen LogP contribution in [-0.2, 0) is 9.53 Å². The second-order valence-electron chi connectivity index (χ2n) is 21.1. The van der Waals surface area contributed by atoms with E-state index < -0.39 is 17.8 Å². The van der Waals surface area contributed by atoms with Crippen LogP contribution in [0.2, 0.25) is 0 Å². The molecule has 10 atom stereocenters. The van der Waals surface area contributed by atoms with Crippen LogP contribution in [-0.4, -0.2) is 83.0 Å². The molecule has 340 valence electrons. The normalized spacial score (nSPS) is 29.3. The number of allylic oxidation sites excluding steroid dienone is 2. The van der Waals surface area contributed by atoms with Crippen molar-refractivity contribution < 1.29 is 24.2 Å². The largest absolute Gasteiger partial charge is 0.465 e. The molecule has 0 heterocycles. The fourth-order valence-corrected chi connectivity index (χ4v) is 14.4. The summed E-state index contributed by atoms with van der Waals surface area (Å²) in [4.78, 5) is 38.8. The first-order valence-electron chi connectivity index (χ1n) is 23.8. The number of carbonyl (C=O) groups excluding carboxylic acids is 2. The molecule has 4 rings (SSSR count). The minimum absolute atomic E-state index is 0.0948. The number of alkyl carbamates (subject to hydrolysis) is 1. The zero-order chi connectivity index (χ0) is 43.4. The summed E-state index contributed by atoms with van der Waals surface area (Å²) in [6.45, 7) is 24.9. The van der Waals surface area contributed by atoms with Crippen LogP contribution < -0.4 is 16.0 Å². The Kier molecular flexibility index (Phi) is 19.7. The van der Waals surface area contributed by atoms with Gasteiger partial charge in [0.25, 0.3) is 0 Å². The van der Waals surface area contributed by atoms with E-state index in [0.29, 0.717) is 42.0 Å². The van der Waals surface area contributed by atoms with Gasteiger partial charge in [-0.15, -0.1) is 0 Å². The second-order valence-corrected chi connectivity index (χ2v) is 23.9. The third kappa shape index (κ3) is 15.0. The predicted octanol–water partition coefficient (Wildman–Crippen LogP) is 11.7. The molecule has 0 spiro atoms. The zero-order valence-electron chi connectivity index (χ0n) is 39.0. The van der Waals surface area contributed by atoms with Crippen molar-refractivity contribution in [3.05, 3.63) is 11.6 Å². The number of hydrogen-bond donors (Lipinski definition) is 4. The molecule has 0 saturated heterocycles. The van der Waals surface area contributed by atoms with E-state index in [1.165, 1.54) is 70.6 Å². The highest BCUT2D eigenvalue weighted by Gasteiger charge is 2.59. The monoisotopic (exact) mass is 863 g/mol. The number of unbranched alkanes of at least 4 members (excludes halogenated alkanes) is 1. The third-order valence-corrected chi connectivity index (χ3v) is 17.9. The van der Waals surface area contributed by atoms with Gasteiger partial charge >= 0.3 is 12.2 Å². The van der Waals surface area contributed by atoms with Gasteiger partial charge in [-0.3, -0.25) is 4.79 Å². The Balaban J connectivity index is 1.23.